The zero-order valence-corrected chi connectivity index (χ0v) is 17.4. The van der Waals surface area contributed by atoms with Crippen LogP contribution in [-0.2, 0) is 4.74 Å². The number of fused-ring (bicyclic) bond motifs is 2. The maximum atomic E-state index is 5.51. The Morgan fingerprint density at radius 2 is 1.79 bits per heavy atom. The summed E-state index contributed by atoms with van der Waals surface area (Å²) in [5, 5.41) is 3.81. The monoisotopic (exact) mass is 394 g/mol. The van der Waals surface area contributed by atoms with E-state index in [2.05, 4.69) is 53.2 Å². The largest absolute Gasteiger partial charge is 0.381 e. The molecule has 2 aromatic heterocycles. The van der Waals surface area contributed by atoms with Gasteiger partial charge in [-0.15, -0.1) is 11.3 Å². The lowest BCUT2D eigenvalue weighted by Crippen LogP contribution is -2.20. The highest BCUT2D eigenvalue weighted by Crippen LogP contribution is 2.33. The normalized spacial score (nSPS) is 15.0. The molecule has 1 N–H and O–H groups in total. The van der Waals surface area contributed by atoms with Crippen LogP contribution in [-0.4, -0.2) is 41.8 Å². The molecule has 0 radical (unpaired) electrons. The summed E-state index contributed by atoms with van der Waals surface area (Å²) in [6.07, 6.45) is 2.12. The number of benzene rings is 2. The van der Waals surface area contributed by atoms with E-state index in [1.165, 1.54) is 10.2 Å². The first-order valence-electron chi connectivity index (χ1n) is 9.72. The van der Waals surface area contributed by atoms with Gasteiger partial charge < -0.3 is 14.6 Å². The highest BCUT2D eigenvalue weighted by atomic mass is 32.1. The van der Waals surface area contributed by atoms with Crippen LogP contribution in [0.4, 0.5) is 0 Å². The number of aromatic nitrogens is 3. The number of hydrogen-bond donors (Lipinski definition) is 1. The fourth-order valence-corrected chi connectivity index (χ4v) is 4.71. The van der Waals surface area contributed by atoms with Gasteiger partial charge in [-0.1, -0.05) is 12.1 Å². The molecule has 0 spiro atoms. The first-order chi connectivity index (χ1) is 13.7. The maximum absolute atomic E-state index is 5.51. The van der Waals surface area contributed by atoms with Crippen LogP contribution < -0.4 is 5.32 Å². The Morgan fingerprint density at radius 3 is 2.54 bits per heavy atom. The number of nitrogens with one attached hydrogen (secondary N) is 1. The van der Waals surface area contributed by atoms with Crippen molar-refractivity contribution >= 4 is 32.6 Å². The summed E-state index contributed by atoms with van der Waals surface area (Å²) in [7, 11) is 3.75. The fraction of sp³-hybridized carbons (Fsp3) is 0.364. The van der Waals surface area contributed by atoms with Gasteiger partial charge in [-0.25, -0.2) is 9.97 Å². The zero-order valence-electron chi connectivity index (χ0n) is 16.6. The van der Waals surface area contributed by atoms with Gasteiger partial charge in [0.05, 0.1) is 21.3 Å². The maximum Gasteiger partial charge on any atom is 0.124 e. The van der Waals surface area contributed by atoms with Crippen molar-refractivity contribution in [3.8, 4) is 10.6 Å². The second kappa shape index (κ2) is 8.39. The highest BCUT2D eigenvalue weighted by molar-refractivity contribution is 7.21. The standard InChI is InChI=1S/C20H19N3OS.C2H7N/c1-13-21-17-12-14(20-22-16-4-2-3-5-19(16)25-20)6-7-18(17)23(13)15-8-10-24-11-9-15;1-3-2/h2-7,12,15H,8-11H2,1H3;3H,1-2H3. The highest BCUT2D eigenvalue weighted by Gasteiger charge is 2.20. The number of imidazole rings is 1. The Morgan fingerprint density at radius 1 is 1.04 bits per heavy atom. The SMILES string of the molecule is CNC.Cc1nc2cc(-c3nc4ccccc4s3)ccc2n1C1CCOCC1. The van der Waals surface area contributed by atoms with Crippen LogP contribution in [0.1, 0.15) is 24.7 Å². The topological polar surface area (TPSA) is 52.0 Å². The van der Waals surface area contributed by atoms with Crippen molar-refractivity contribution in [2.45, 2.75) is 25.8 Å². The van der Waals surface area contributed by atoms with Crippen molar-refractivity contribution in [3.05, 3.63) is 48.3 Å². The van der Waals surface area contributed by atoms with Gasteiger partial charge >= 0.3 is 0 Å². The minimum atomic E-state index is 0.493. The first-order valence-corrected chi connectivity index (χ1v) is 10.5. The lowest BCUT2D eigenvalue weighted by Gasteiger charge is -2.25. The number of hydrogen-bond acceptors (Lipinski definition) is 5. The number of aryl methyl sites for hydroxylation is 1. The van der Waals surface area contributed by atoms with Crippen LogP contribution >= 0.6 is 11.3 Å². The minimum absolute atomic E-state index is 0.493. The van der Waals surface area contributed by atoms with E-state index in [9.17, 15) is 0 Å². The van der Waals surface area contributed by atoms with E-state index in [1.54, 1.807) is 11.3 Å². The van der Waals surface area contributed by atoms with Gasteiger partial charge in [0, 0.05) is 24.8 Å². The molecule has 5 nitrogen and oxygen atoms in total. The van der Waals surface area contributed by atoms with Gasteiger partial charge in [0.1, 0.15) is 10.8 Å². The number of thiazole rings is 1. The lowest BCUT2D eigenvalue weighted by atomic mass is 10.1. The van der Waals surface area contributed by atoms with Gasteiger partial charge in [-0.2, -0.15) is 0 Å². The van der Waals surface area contributed by atoms with Gasteiger partial charge in [-0.3, -0.25) is 0 Å². The Labute approximate surface area is 169 Å². The third-order valence-corrected chi connectivity index (χ3v) is 6.05. The molecule has 0 aliphatic carbocycles. The molecule has 5 rings (SSSR count). The van der Waals surface area contributed by atoms with Gasteiger partial charge in [0.25, 0.3) is 0 Å². The molecule has 0 amide bonds. The van der Waals surface area contributed by atoms with Crippen LogP contribution in [0, 0.1) is 6.92 Å². The molecule has 1 fully saturated rings. The van der Waals surface area contributed by atoms with Crippen LogP contribution in [0.25, 0.3) is 31.8 Å². The summed E-state index contributed by atoms with van der Waals surface area (Å²) < 4.78 is 9.13. The van der Waals surface area contributed by atoms with Crippen molar-refractivity contribution in [2.24, 2.45) is 0 Å². The average molecular weight is 395 g/mol. The molecule has 4 aromatic rings. The van der Waals surface area contributed by atoms with Crippen molar-refractivity contribution in [1.29, 1.82) is 0 Å². The van der Waals surface area contributed by atoms with Crippen LogP contribution in [0.5, 0.6) is 0 Å². The van der Waals surface area contributed by atoms with E-state index >= 15 is 0 Å². The molecule has 28 heavy (non-hydrogen) atoms. The average Bonchev–Trinajstić information content (AvgIpc) is 3.28. The zero-order chi connectivity index (χ0) is 19.5. The van der Waals surface area contributed by atoms with Gasteiger partial charge in [0.2, 0.25) is 0 Å². The van der Waals surface area contributed by atoms with Gasteiger partial charge in [0.15, 0.2) is 0 Å². The quantitative estimate of drug-likeness (QED) is 0.530. The van der Waals surface area contributed by atoms with Gasteiger partial charge in [-0.05, 0) is 64.2 Å². The molecule has 0 bridgehead atoms. The molecule has 1 saturated heterocycles. The molecular weight excluding hydrogens is 368 g/mol. The molecule has 0 atom stereocenters. The van der Waals surface area contributed by atoms with E-state index in [0.717, 1.165) is 53.5 Å². The summed E-state index contributed by atoms with van der Waals surface area (Å²) in [6.45, 7) is 3.79. The molecule has 1 aliphatic heterocycles. The molecule has 3 heterocycles. The Balaban J connectivity index is 0.000000604. The molecule has 146 valence electrons. The van der Waals surface area contributed by atoms with Crippen molar-refractivity contribution in [2.75, 3.05) is 27.3 Å². The summed E-state index contributed by atoms with van der Waals surface area (Å²) in [5.74, 6) is 1.09. The van der Waals surface area contributed by atoms with Crippen LogP contribution in [0.3, 0.4) is 0 Å². The fourth-order valence-electron chi connectivity index (χ4n) is 3.75. The summed E-state index contributed by atoms with van der Waals surface area (Å²) in [4.78, 5) is 9.60. The van der Waals surface area contributed by atoms with Crippen molar-refractivity contribution < 1.29 is 4.74 Å². The lowest BCUT2D eigenvalue weighted by molar-refractivity contribution is 0.0701. The van der Waals surface area contributed by atoms with E-state index < -0.39 is 0 Å². The minimum Gasteiger partial charge on any atom is -0.381 e. The van der Waals surface area contributed by atoms with Crippen molar-refractivity contribution in [1.82, 2.24) is 19.9 Å². The summed E-state index contributed by atoms with van der Waals surface area (Å²) in [5.41, 5.74) is 4.48. The second-order valence-corrected chi connectivity index (χ2v) is 8.09. The molecule has 0 unspecified atom stereocenters. The Bertz CT molecular complexity index is 1050. The molecule has 0 saturated carbocycles. The summed E-state index contributed by atoms with van der Waals surface area (Å²) in [6, 6.07) is 15.3. The Hall–Kier alpha value is -2.28. The smallest absolute Gasteiger partial charge is 0.124 e. The first kappa shape index (κ1) is 19.1. The van der Waals surface area contributed by atoms with E-state index in [0.29, 0.717) is 6.04 Å². The number of nitrogens with zero attached hydrogens (tertiary/aromatic N) is 3. The molecule has 1 aliphatic rings. The number of para-hydroxylation sites is 1. The number of rotatable bonds is 2. The Kier molecular flexibility index (Phi) is 5.71. The van der Waals surface area contributed by atoms with Crippen LogP contribution in [0.2, 0.25) is 0 Å². The third-order valence-electron chi connectivity index (χ3n) is 4.96. The third kappa shape index (κ3) is 3.68. The predicted molar refractivity (Wildman–Crippen MR) is 117 cm³/mol. The predicted octanol–water partition coefficient (Wildman–Crippen LogP) is 4.81. The van der Waals surface area contributed by atoms with E-state index in [4.69, 9.17) is 14.7 Å². The van der Waals surface area contributed by atoms with Crippen molar-refractivity contribution in [3.63, 3.8) is 0 Å². The number of ether oxygens (including phenoxy) is 1. The molecule has 2 aromatic carbocycles. The molecule has 6 heteroatoms. The van der Waals surface area contributed by atoms with E-state index in [1.807, 2.05) is 20.2 Å². The van der Waals surface area contributed by atoms with Crippen LogP contribution in [0.15, 0.2) is 42.5 Å². The summed E-state index contributed by atoms with van der Waals surface area (Å²) >= 11 is 1.74. The molecular formula is C22H26N4OS. The van der Waals surface area contributed by atoms with E-state index in [-0.39, 0.29) is 0 Å². The second-order valence-electron chi connectivity index (χ2n) is 7.06.